The van der Waals surface area contributed by atoms with Gasteiger partial charge in [0.05, 0.1) is 6.26 Å². The summed E-state index contributed by atoms with van der Waals surface area (Å²) in [5.41, 5.74) is 0. The first kappa shape index (κ1) is 10.4. The van der Waals surface area contributed by atoms with E-state index < -0.39 is 10.0 Å². The number of piperidine rings is 1. The Morgan fingerprint density at radius 3 is 2.79 bits per heavy atom. The van der Waals surface area contributed by atoms with E-state index in [0.29, 0.717) is 6.04 Å². The van der Waals surface area contributed by atoms with Gasteiger partial charge in [-0.05, 0) is 38.8 Å². The van der Waals surface area contributed by atoms with Gasteiger partial charge in [0.2, 0.25) is 10.0 Å². The average molecular weight is 218 g/mol. The second-order valence-corrected chi connectivity index (χ2v) is 6.22. The van der Waals surface area contributed by atoms with Gasteiger partial charge in [0.1, 0.15) is 0 Å². The molecule has 5 heteroatoms. The topological polar surface area (TPSA) is 49.4 Å². The molecule has 2 unspecified atom stereocenters. The largest absolute Gasteiger partial charge is 0.300 e. The molecule has 2 fully saturated rings. The molecule has 2 rings (SSSR count). The van der Waals surface area contributed by atoms with Crippen molar-refractivity contribution >= 4 is 10.0 Å². The summed E-state index contributed by atoms with van der Waals surface area (Å²) in [6.07, 6.45) is 5.71. The molecule has 0 spiro atoms. The van der Waals surface area contributed by atoms with Gasteiger partial charge >= 0.3 is 0 Å². The predicted octanol–water partition coefficient (Wildman–Crippen LogP) is 0.162. The average Bonchev–Trinajstić information content (AvgIpc) is 2.47. The van der Waals surface area contributed by atoms with E-state index in [-0.39, 0.29) is 6.04 Å². The number of nitrogens with one attached hydrogen (secondary N) is 1. The van der Waals surface area contributed by atoms with Crippen molar-refractivity contribution in [1.82, 2.24) is 9.62 Å². The number of fused-ring (bicyclic) bond motifs is 1. The van der Waals surface area contributed by atoms with E-state index in [9.17, 15) is 8.42 Å². The Bertz CT molecular complexity index is 302. The van der Waals surface area contributed by atoms with Crippen molar-refractivity contribution in [3.63, 3.8) is 0 Å². The maximum absolute atomic E-state index is 11.1. The highest BCUT2D eigenvalue weighted by Crippen LogP contribution is 2.26. The molecule has 2 aliphatic rings. The van der Waals surface area contributed by atoms with Crippen LogP contribution in [-0.2, 0) is 10.0 Å². The molecular formula is C9H18N2O2S. The van der Waals surface area contributed by atoms with Crippen LogP contribution in [0.5, 0.6) is 0 Å². The summed E-state index contributed by atoms with van der Waals surface area (Å²) >= 11 is 0. The molecule has 2 aliphatic heterocycles. The number of hydrogen-bond donors (Lipinski definition) is 1. The highest BCUT2D eigenvalue weighted by molar-refractivity contribution is 7.88. The Balaban J connectivity index is 1.91. The van der Waals surface area contributed by atoms with Crippen molar-refractivity contribution in [2.24, 2.45) is 0 Å². The zero-order valence-electron chi connectivity index (χ0n) is 8.57. The normalized spacial score (nSPS) is 34.4. The SMILES string of the molecule is CS(=O)(=O)NC1CCN2CCCC2C1. The summed E-state index contributed by atoms with van der Waals surface area (Å²) in [7, 11) is -3.02. The lowest BCUT2D eigenvalue weighted by molar-refractivity contribution is 0.176. The van der Waals surface area contributed by atoms with E-state index in [1.54, 1.807) is 0 Å². The van der Waals surface area contributed by atoms with Crippen molar-refractivity contribution in [3.8, 4) is 0 Å². The molecule has 0 saturated carbocycles. The van der Waals surface area contributed by atoms with Gasteiger partial charge in [-0.3, -0.25) is 0 Å². The summed E-state index contributed by atoms with van der Waals surface area (Å²) < 4.78 is 24.9. The number of rotatable bonds is 2. The van der Waals surface area contributed by atoms with E-state index in [2.05, 4.69) is 9.62 Å². The standard InChI is InChI=1S/C9H18N2O2S/c1-14(12,13)10-8-4-6-11-5-2-3-9(11)7-8/h8-10H,2-7H2,1H3. The van der Waals surface area contributed by atoms with Crippen molar-refractivity contribution in [1.29, 1.82) is 0 Å². The number of hydrogen-bond acceptors (Lipinski definition) is 3. The van der Waals surface area contributed by atoms with E-state index >= 15 is 0 Å². The Morgan fingerprint density at radius 1 is 1.29 bits per heavy atom. The highest BCUT2D eigenvalue weighted by atomic mass is 32.2. The fraction of sp³-hybridized carbons (Fsp3) is 1.00. The van der Waals surface area contributed by atoms with Crippen molar-refractivity contribution in [3.05, 3.63) is 0 Å². The zero-order valence-corrected chi connectivity index (χ0v) is 9.39. The van der Waals surface area contributed by atoms with Gasteiger partial charge in [-0.15, -0.1) is 0 Å². The molecule has 0 aromatic carbocycles. The van der Waals surface area contributed by atoms with Gasteiger partial charge in [-0.2, -0.15) is 0 Å². The van der Waals surface area contributed by atoms with Crippen molar-refractivity contribution < 1.29 is 8.42 Å². The summed E-state index contributed by atoms with van der Waals surface area (Å²) in [5.74, 6) is 0. The molecule has 0 bridgehead atoms. The fourth-order valence-electron chi connectivity index (χ4n) is 2.63. The Kier molecular flexibility index (Phi) is 2.81. The van der Waals surface area contributed by atoms with Crippen LogP contribution in [0.2, 0.25) is 0 Å². The van der Waals surface area contributed by atoms with Crippen LogP contribution in [0.4, 0.5) is 0 Å². The van der Waals surface area contributed by atoms with E-state index in [1.807, 2.05) is 0 Å². The minimum absolute atomic E-state index is 0.171. The number of sulfonamides is 1. The monoisotopic (exact) mass is 218 g/mol. The van der Waals surface area contributed by atoms with Gasteiger partial charge in [-0.1, -0.05) is 0 Å². The molecule has 0 aliphatic carbocycles. The quantitative estimate of drug-likeness (QED) is 0.718. The Labute approximate surface area is 85.7 Å². The Hall–Kier alpha value is -0.130. The van der Waals surface area contributed by atoms with E-state index in [4.69, 9.17) is 0 Å². The van der Waals surface area contributed by atoms with Gasteiger partial charge in [0.15, 0.2) is 0 Å². The van der Waals surface area contributed by atoms with Gasteiger partial charge in [0, 0.05) is 12.1 Å². The summed E-state index contributed by atoms with van der Waals surface area (Å²) in [4.78, 5) is 2.49. The summed E-state index contributed by atoms with van der Waals surface area (Å²) in [6, 6.07) is 0.798. The number of nitrogens with zero attached hydrogens (tertiary/aromatic N) is 1. The van der Waals surface area contributed by atoms with Gasteiger partial charge < -0.3 is 4.90 Å². The molecule has 82 valence electrons. The third-order valence-corrected chi connectivity index (χ3v) is 3.96. The Morgan fingerprint density at radius 2 is 2.07 bits per heavy atom. The minimum Gasteiger partial charge on any atom is -0.300 e. The maximum Gasteiger partial charge on any atom is 0.208 e. The third-order valence-electron chi connectivity index (χ3n) is 3.20. The first-order valence-electron chi connectivity index (χ1n) is 5.26. The smallest absolute Gasteiger partial charge is 0.208 e. The molecule has 2 atom stereocenters. The van der Waals surface area contributed by atoms with Crippen molar-refractivity contribution in [2.45, 2.75) is 37.8 Å². The van der Waals surface area contributed by atoms with Crippen molar-refractivity contribution in [2.75, 3.05) is 19.3 Å². The van der Waals surface area contributed by atoms with Crippen LogP contribution in [-0.4, -0.2) is 44.7 Å². The van der Waals surface area contributed by atoms with Crippen LogP contribution in [0.1, 0.15) is 25.7 Å². The van der Waals surface area contributed by atoms with Crippen LogP contribution in [0.3, 0.4) is 0 Å². The van der Waals surface area contributed by atoms with E-state index in [0.717, 1.165) is 19.4 Å². The lowest BCUT2D eigenvalue weighted by atomic mass is 9.99. The van der Waals surface area contributed by atoms with Crippen LogP contribution in [0, 0.1) is 0 Å². The third kappa shape index (κ3) is 2.46. The molecule has 0 amide bonds. The van der Waals surface area contributed by atoms with E-state index in [1.165, 1.54) is 25.6 Å². The van der Waals surface area contributed by atoms with Gasteiger partial charge in [0.25, 0.3) is 0 Å². The van der Waals surface area contributed by atoms with Crippen LogP contribution in [0.25, 0.3) is 0 Å². The first-order chi connectivity index (χ1) is 6.54. The molecular weight excluding hydrogens is 200 g/mol. The maximum atomic E-state index is 11.1. The van der Waals surface area contributed by atoms with Crippen LogP contribution < -0.4 is 4.72 Å². The molecule has 2 heterocycles. The molecule has 0 aromatic rings. The summed E-state index contributed by atoms with van der Waals surface area (Å²) in [6.45, 7) is 2.26. The molecule has 4 nitrogen and oxygen atoms in total. The fourth-order valence-corrected chi connectivity index (χ4v) is 3.45. The second kappa shape index (κ2) is 3.79. The van der Waals surface area contributed by atoms with Gasteiger partial charge in [-0.25, -0.2) is 13.1 Å². The second-order valence-electron chi connectivity index (χ2n) is 4.44. The molecule has 0 radical (unpaired) electrons. The minimum atomic E-state index is -3.02. The molecule has 2 saturated heterocycles. The predicted molar refractivity (Wildman–Crippen MR) is 55.6 cm³/mol. The highest BCUT2D eigenvalue weighted by Gasteiger charge is 2.32. The molecule has 0 aromatic heterocycles. The lowest BCUT2D eigenvalue weighted by Gasteiger charge is -2.34. The first-order valence-corrected chi connectivity index (χ1v) is 7.15. The lowest BCUT2D eigenvalue weighted by Crippen LogP contribution is -2.47. The molecule has 1 N–H and O–H groups in total. The van der Waals surface area contributed by atoms with Crippen LogP contribution in [0.15, 0.2) is 0 Å². The summed E-state index contributed by atoms with van der Waals surface area (Å²) in [5, 5.41) is 0. The van der Waals surface area contributed by atoms with Crippen LogP contribution >= 0.6 is 0 Å². The zero-order chi connectivity index (χ0) is 10.2. The molecule has 14 heavy (non-hydrogen) atoms.